The Morgan fingerprint density at radius 2 is 1.70 bits per heavy atom. The summed E-state index contributed by atoms with van der Waals surface area (Å²) >= 11 is 0. The van der Waals surface area contributed by atoms with Crippen molar-refractivity contribution in [2.75, 3.05) is 38.0 Å². The van der Waals surface area contributed by atoms with E-state index >= 15 is 0 Å². The van der Waals surface area contributed by atoms with E-state index in [-0.39, 0.29) is 0 Å². The summed E-state index contributed by atoms with van der Waals surface area (Å²) in [6.07, 6.45) is 9.31. The summed E-state index contributed by atoms with van der Waals surface area (Å²) in [6, 6.07) is 8.65. The second-order valence-electron chi connectivity index (χ2n) is 6.93. The van der Waals surface area contributed by atoms with Gasteiger partial charge in [0, 0.05) is 63.6 Å². The number of aromatic nitrogens is 2. The maximum Gasteiger partial charge on any atom is 0.168 e. The van der Waals surface area contributed by atoms with Crippen LogP contribution in [0.2, 0.25) is 0 Å². The van der Waals surface area contributed by atoms with Crippen LogP contribution in [0.25, 0.3) is 0 Å². The van der Waals surface area contributed by atoms with Crippen LogP contribution in [0.15, 0.2) is 40.6 Å². The van der Waals surface area contributed by atoms with Crippen molar-refractivity contribution in [3.8, 4) is 0 Å². The lowest BCUT2D eigenvalue weighted by molar-refractivity contribution is 0.666. The first kappa shape index (κ1) is 20.6. The first-order chi connectivity index (χ1) is 13.0. The largest absolute Gasteiger partial charge is 0.378 e. The van der Waals surface area contributed by atoms with Gasteiger partial charge >= 0.3 is 0 Å². The average Bonchev–Trinajstić information content (AvgIpc) is 2.66. The maximum atomic E-state index is 4.45. The first-order valence-corrected chi connectivity index (χ1v) is 9.48. The van der Waals surface area contributed by atoms with Crippen LogP contribution < -0.4 is 9.80 Å². The van der Waals surface area contributed by atoms with E-state index in [1.54, 1.807) is 12.4 Å². The van der Waals surface area contributed by atoms with E-state index < -0.39 is 0 Å². The highest BCUT2D eigenvalue weighted by molar-refractivity contribution is 5.64. The molecule has 2 aromatic rings. The SMILES string of the molecule is CCCCCCc1c(N(C)C)ccnc1N=C=Nc1cc(N(C)C)ccn1. The highest BCUT2D eigenvalue weighted by Gasteiger charge is 2.10. The molecule has 0 bridgehead atoms. The van der Waals surface area contributed by atoms with Crippen LogP contribution in [-0.2, 0) is 6.42 Å². The Morgan fingerprint density at radius 3 is 2.41 bits per heavy atom. The van der Waals surface area contributed by atoms with E-state index in [9.17, 15) is 0 Å². The number of hydrogen-bond acceptors (Lipinski definition) is 6. The fourth-order valence-electron chi connectivity index (χ4n) is 2.83. The molecule has 27 heavy (non-hydrogen) atoms. The van der Waals surface area contributed by atoms with Crippen molar-refractivity contribution in [2.45, 2.75) is 39.0 Å². The molecule has 2 heterocycles. The van der Waals surface area contributed by atoms with Gasteiger partial charge in [0.1, 0.15) is 6.01 Å². The minimum atomic E-state index is 0.582. The van der Waals surface area contributed by atoms with Gasteiger partial charge in [-0.2, -0.15) is 9.98 Å². The molecule has 0 atom stereocenters. The third-order valence-electron chi connectivity index (χ3n) is 4.34. The number of hydrogen-bond donors (Lipinski definition) is 0. The van der Waals surface area contributed by atoms with Gasteiger partial charge in [-0.05, 0) is 25.0 Å². The zero-order valence-electron chi connectivity index (χ0n) is 17.1. The molecule has 0 aliphatic rings. The summed E-state index contributed by atoms with van der Waals surface area (Å²) in [6.45, 7) is 2.22. The van der Waals surface area contributed by atoms with Crippen molar-refractivity contribution in [2.24, 2.45) is 9.98 Å². The Kier molecular flexibility index (Phi) is 7.96. The summed E-state index contributed by atoms with van der Waals surface area (Å²) < 4.78 is 0. The van der Waals surface area contributed by atoms with Gasteiger partial charge in [0.25, 0.3) is 0 Å². The van der Waals surface area contributed by atoms with Gasteiger partial charge in [0.15, 0.2) is 11.6 Å². The molecular formula is C21H30N6. The predicted octanol–water partition coefficient (Wildman–Crippen LogP) is 4.87. The molecule has 0 fully saturated rings. The number of nitrogens with zero attached hydrogens (tertiary/aromatic N) is 6. The predicted molar refractivity (Wildman–Crippen MR) is 114 cm³/mol. The number of anilines is 2. The summed E-state index contributed by atoms with van der Waals surface area (Å²) in [5, 5.41) is 0. The van der Waals surface area contributed by atoms with E-state index in [0.717, 1.165) is 29.8 Å². The minimum absolute atomic E-state index is 0.582. The van der Waals surface area contributed by atoms with E-state index in [4.69, 9.17) is 0 Å². The van der Waals surface area contributed by atoms with Crippen molar-refractivity contribution in [1.29, 1.82) is 0 Å². The maximum absolute atomic E-state index is 4.45. The van der Waals surface area contributed by atoms with Crippen LogP contribution in [-0.4, -0.2) is 44.2 Å². The lowest BCUT2D eigenvalue weighted by Gasteiger charge is -2.18. The van der Waals surface area contributed by atoms with E-state index in [1.807, 2.05) is 51.3 Å². The van der Waals surface area contributed by atoms with Crippen molar-refractivity contribution in [3.63, 3.8) is 0 Å². The zero-order valence-corrected chi connectivity index (χ0v) is 17.1. The molecule has 0 aromatic carbocycles. The molecule has 0 saturated heterocycles. The lowest BCUT2D eigenvalue weighted by atomic mass is 10.0. The number of unbranched alkanes of at least 4 members (excludes halogenated alkanes) is 3. The Morgan fingerprint density at radius 1 is 0.926 bits per heavy atom. The van der Waals surface area contributed by atoms with Crippen LogP contribution in [0.3, 0.4) is 0 Å². The Bertz CT molecular complexity index is 791. The molecule has 0 radical (unpaired) electrons. The molecule has 0 aliphatic carbocycles. The second kappa shape index (κ2) is 10.4. The van der Waals surface area contributed by atoms with E-state index in [1.165, 1.54) is 19.3 Å². The van der Waals surface area contributed by atoms with Gasteiger partial charge in [0.05, 0.1) is 0 Å². The monoisotopic (exact) mass is 366 g/mol. The van der Waals surface area contributed by atoms with Gasteiger partial charge in [-0.1, -0.05) is 26.2 Å². The smallest absolute Gasteiger partial charge is 0.168 e. The van der Waals surface area contributed by atoms with Crippen LogP contribution in [0.5, 0.6) is 0 Å². The number of rotatable bonds is 9. The highest BCUT2D eigenvalue weighted by atomic mass is 15.1. The molecule has 0 aliphatic heterocycles. The molecule has 0 unspecified atom stereocenters. The molecule has 0 N–H and O–H groups in total. The van der Waals surface area contributed by atoms with Crippen LogP contribution >= 0.6 is 0 Å². The van der Waals surface area contributed by atoms with E-state index in [0.29, 0.717) is 11.6 Å². The van der Waals surface area contributed by atoms with Crippen molar-refractivity contribution < 1.29 is 0 Å². The summed E-state index contributed by atoms with van der Waals surface area (Å²) in [4.78, 5) is 21.5. The minimum Gasteiger partial charge on any atom is -0.378 e. The molecule has 0 spiro atoms. The molecule has 2 rings (SSSR count). The third-order valence-corrected chi connectivity index (χ3v) is 4.34. The molecule has 144 valence electrons. The normalized spacial score (nSPS) is 10.3. The van der Waals surface area contributed by atoms with Gasteiger partial charge in [-0.15, -0.1) is 0 Å². The topological polar surface area (TPSA) is 57.0 Å². The van der Waals surface area contributed by atoms with Gasteiger partial charge in [-0.25, -0.2) is 9.97 Å². The lowest BCUT2D eigenvalue weighted by Crippen LogP contribution is -2.11. The Balaban J connectivity index is 2.27. The molecule has 6 nitrogen and oxygen atoms in total. The molecule has 6 heteroatoms. The van der Waals surface area contributed by atoms with Gasteiger partial charge in [0.2, 0.25) is 0 Å². The molecule has 2 aromatic heterocycles. The molecule has 0 saturated carbocycles. The standard InChI is InChI=1S/C21H30N6/c1-6-7-8-9-10-18-19(27(4)5)12-14-23-21(18)25-16-24-20-15-17(26(2)3)11-13-22-20/h11-15H,6-10H2,1-5H3. The second-order valence-corrected chi connectivity index (χ2v) is 6.93. The summed E-state index contributed by atoms with van der Waals surface area (Å²) in [5.74, 6) is 1.27. The Labute approximate surface area is 162 Å². The van der Waals surface area contributed by atoms with Crippen molar-refractivity contribution in [3.05, 3.63) is 36.2 Å². The van der Waals surface area contributed by atoms with Crippen LogP contribution in [0, 0.1) is 0 Å². The number of pyridine rings is 2. The third kappa shape index (κ3) is 6.19. The zero-order chi connectivity index (χ0) is 19.6. The van der Waals surface area contributed by atoms with Crippen LogP contribution in [0.4, 0.5) is 23.0 Å². The summed E-state index contributed by atoms with van der Waals surface area (Å²) in [5.41, 5.74) is 3.33. The van der Waals surface area contributed by atoms with Crippen molar-refractivity contribution in [1.82, 2.24) is 9.97 Å². The van der Waals surface area contributed by atoms with Gasteiger partial charge in [-0.3, -0.25) is 0 Å². The quantitative estimate of drug-likeness (QED) is 0.469. The fraction of sp³-hybridized carbons (Fsp3) is 0.476. The first-order valence-electron chi connectivity index (χ1n) is 9.48. The number of aliphatic imine (C=N–C) groups is 2. The fourth-order valence-corrected chi connectivity index (χ4v) is 2.83. The van der Waals surface area contributed by atoms with Gasteiger partial charge < -0.3 is 9.80 Å². The molecule has 0 amide bonds. The Hall–Kier alpha value is -2.72. The van der Waals surface area contributed by atoms with Crippen molar-refractivity contribution >= 4 is 29.0 Å². The average molecular weight is 367 g/mol. The van der Waals surface area contributed by atoms with E-state index in [2.05, 4.69) is 37.8 Å². The molecular weight excluding hydrogens is 336 g/mol. The van der Waals surface area contributed by atoms with Crippen LogP contribution in [0.1, 0.15) is 38.2 Å². The highest BCUT2D eigenvalue weighted by Crippen LogP contribution is 2.28. The summed E-state index contributed by atoms with van der Waals surface area (Å²) in [7, 11) is 8.06.